The average molecular weight is 757 g/mol. The summed E-state index contributed by atoms with van der Waals surface area (Å²) in [5.41, 5.74) is 15.8. The van der Waals surface area contributed by atoms with Crippen molar-refractivity contribution < 1.29 is 19.7 Å². The molecule has 8 nitrogen and oxygen atoms in total. The Labute approximate surface area is 334 Å². The van der Waals surface area contributed by atoms with Crippen LogP contribution in [0.25, 0.3) is 0 Å². The number of benzene rings is 6. The smallest absolute Gasteiger partial charge is 0.120 e. The highest BCUT2D eigenvalue weighted by atomic mass is 16.5. The van der Waals surface area contributed by atoms with Gasteiger partial charge in [-0.2, -0.15) is 0 Å². The summed E-state index contributed by atoms with van der Waals surface area (Å²) >= 11 is 0. The molecule has 0 spiro atoms. The zero-order valence-electron chi connectivity index (χ0n) is 33.3. The first-order chi connectivity index (χ1) is 27.5. The molecule has 2 atom stereocenters. The van der Waals surface area contributed by atoms with Crippen molar-refractivity contribution >= 4 is 34.2 Å². The van der Waals surface area contributed by atoms with Crippen LogP contribution in [0.15, 0.2) is 119 Å². The lowest BCUT2D eigenvalue weighted by atomic mass is 9.92. The Morgan fingerprint density at radius 1 is 0.526 bits per heavy atom. The third-order valence-corrected chi connectivity index (χ3v) is 11.4. The van der Waals surface area contributed by atoms with E-state index >= 15 is 0 Å². The SMILES string of the molecule is COc1ccc(C2=Nc3cc(C)c(C)cc3NC(c3cc(Cc4ccc(O)c(C5CC(c6ccc(OC)cc6)=Nc6cc(C)c(C)cc6N5)c4)ccc3O)C2)cc1. The van der Waals surface area contributed by atoms with Crippen LogP contribution in [-0.4, -0.2) is 35.9 Å². The van der Waals surface area contributed by atoms with Gasteiger partial charge in [-0.25, -0.2) is 0 Å². The monoisotopic (exact) mass is 756 g/mol. The number of hydrogen-bond donors (Lipinski definition) is 4. The number of aromatic hydroxyl groups is 2. The second-order valence-electron chi connectivity index (χ2n) is 15.2. The normalized spacial score (nSPS) is 16.1. The number of aliphatic imine (C=N–C) groups is 2. The van der Waals surface area contributed by atoms with Crippen molar-refractivity contribution in [3.63, 3.8) is 0 Å². The van der Waals surface area contributed by atoms with Gasteiger partial charge < -0.3 is 30.3 Å². The molecule has 6 aromatic rings. The molecule has 0 aliphatic carbocycles. The third-order valence-electron chi connectivity index (χ3n) is 11.4. The number of aryl methyl sites for hydroxylation is 4. The number of phenolic OH excluding ortho intramolecular Hbond substituents is 2. The van der Waals surface area contributed by atoms with Crippen LogP contribution in [0.1, 0.15) is 80.6 Å². The van der Waals surface area contributed by atoms with Crippen molar-refractivity contribution in [2.24, 2.45) is 9.98 Å². The number of anilines is 2. The van der Waals surface area contributed by atoms with Crippen molar-refractivity contribution in [3.05, 3.63) is 165 Å². The highest BCUT2D eigenvalue weighted by Crippen LogP contribution is 2.42. The first-order valence-corrected chi connectivity index (χ1v) is 19.4. The van der Waals surface area contributed by atoms with Gasteiger partial charge in [-0.3, -0.25) is 9.98 Å². The Bertz CT molecular complexity index is 2360. The lowest BCUT2D eigenvalue weighted by molar-refractivity contribution is 0.414. The minimum Gasteiger partial charge on any atom is -0.508 e. The lowest BCUT2D eigenvalue weighted by Gasteiger charge is -2.23. The Kier molecular flexibility index (Phi) is 10.2. The number of nitrogens with one attached hydrogen (secondary N) is 2. The van der Waals surface area contributed by atoms with Gasteiger partial charge in [0.1, 0.15) is 23.0 Å². The molecule has 2 aliphatic heterocycles. The van der Waals surface area contributed by atoms with Crippen LogP contribution < -0.4 is 20.1 Å². The number of nitrogens with zero attached hydrogens (tertiary/aromatic N) is 2. The molecule has 4 N–H and O–H groups in total. The van der Waals surface area contributed by atoms with Crippen LogP contribution in [0.5, 0.6) is 23.0 Å². The van der Waals surface area contributed by atoms with Crippen LogP contribution in [-0.2, 0) is 6.42 Å². The topological polar surface area (TPSA) is 108 Å². The molecule has 0 saturated heterocycles. The Hall–Kier alpha value is -6.54. The number of methoxy groups -OCH3 is 2. The van der Waals surface area contributed by atoms with Crippen LogP contribution in [0.4, 0.5) is 22.7 Å². The van der Waals surface area contributed by atoms with E-state index in [0.29, 0.717) is 19.3 Å². The van der Waals surface area contributed by atoms with Crippen molar-refractivity contribution in [2.45, 2.75) is 59.0 Å². The fourth-order valence-electron chi connectivity index (χ4n) is 7.79. The first kappa shape index (κ1) is 37.4. The molecule has 0 saturated carbocycles. The summed E-state index contributed by atoms with van der Waals surface area (Å²) in [7, 11) is 3.33. The summed E-state index contributed by atoms with van der Waals surface area (Å²) in [6, 6.07) is 35.7. The molecule has 2 heterocycles. The van der Waals surface area contributed by atoms with Crippen LogP contribution in [0.2, 0.25) is 0 Å². The number of phenols is 2. The third kappa shape index (κ3) is 7.81. The molecule has 0 aromatic heterocycles. The number of ether oxygens (including phenoxy) is 2. The highest BCUT2D eigenvalue weighted by molar-refractivity contribution is 6.05. The number of hydrogen-bond acceptors (Lipinski definition) is 8. The predicted octanol–water partition coefficient (Wildman–Crippen LogP) is 11.3. The zero-order chi connectivity index (χ0) is 39.8. The van der Waals surface area contributed by atoms with E-state index in [1.807, 2.05) is 60.7 Å². The summed E-state index contributed by atoms with van der Waals surface area (Å²) in [4.78, 5) is 10.3. The molecule has 57 heavy (non-hydrogen) atoms. The number of fused-ring (bicyclic) bond motifs is 2. The molecule has 8 heteroatoms. The van der Waals surface area contributed by atoms with Crippen LogP contribution in [0.3, 0.4) is 0 Å². The fraction of sp³-hybridized carbons (Fsp3) is 0.224. The van der Waals surface area contributed by atoms with Gasteiger partial charge in [0.25, 0.3) is 0 Å². The van der Waals surface area contributed by atoms with Crippen molar-refractivity contribution in [1.82, 2.24) is 0 Å². The molecule has 0 radical (unpaired) electrons. The highest BCUT2D eigenvalue weighted by Gasteiger charge is 2.26. The molecule has 8 rings (SSSR count). The van der Waals surface area contributed by atoms with Gasteiger partial charge in [0.15, 0.2) is 0 Å². The van der Waals surface area contributed by atoms with E-state index in [0.717, 1.165) is 79.1 Å². The van der Waals surface area contributed by atoms with E-state index in [1.165, 1.54) is 22.3 Å². The van der Waals surface area contributed by atoms with Crippen molar-refractivity contribution in [1.29, 1.82) is 0 Å². The first-order valence-electron chi connectivity index (χ1n) is 19.4. The van der Waals surface area contributed by atoms with E-state index in [2.05, 4.69) is 74.7 Å². The zero-order valence-corrected chi connectivity index (χ0v) is 33.3. The van der Waals surface area contributed by atoms with E-state index in [4.69, 9.17) is 19.5 Å². The van der Waals surface area contributed by atoms with Gasteiger partial charge in [0.2, 0.25) is 0 Å². The van der Waals surface area contributed by atoms with Crippen LogP contribution in [0, 0.1) is 27.7 Å². The van der Waals surface area contributed by atoms with Gasteiger partial charge in [0.05, 0.1) is 60.5 Å². The fourth-order valence-corrected chi connectivity index (χ4v) is 7.79. The number of rotatable bonds is 8. The van der Waals surface area contributed by atoms with E-state index < -0.39 is 0 Å². The Balaban J connectivity index is 1.12. The molecule has 2 unspecified atom stereocenters. The molecular weight excluding hydrogens is 709 g/mol. The molecule has 0 bridgehead atoms. The maximum absolute atomic E-state index is 11.4. The Morgan fingerprint density at radius 3 is 1.30 bits per heavy atom. The van der Waals surface area contributed by atoms with E-state index in [-0.39, 0.29) is 23.6 Å². The summed E-state index contributed by atoms with van der Waals surface area (Å²) in [5, 5.41) is 30.3. The van der Waals surface area contributed by atoms with Gasteiger partial charge in [-0.05, 0) is 176 Å². The molecular formula is C49H48N4O4. The van der Waals surface area contributed by atoms with Gasteiger partial charge >= 0.3 is 0 Å². The summed E-state index contributed by atoms with van der Waals surface area (Å²) in [6.45, 7) is 8.41. The quantitative estimate of drug-likeness (QED) is 0.123. The second-order valence-corrected chi connectivity index (χ2v) is 15.2. The van der Waals surface area contributed by atoms with Gasteiger partial charge in [-0.1, -0.05) is 12.1 Å². The minimum absolute atomic E-state index is 0.223. The van der Waals surface area contributed by atoms with Gasteiger partial charge in [-0.15, -0.1) is 0 Å². The lowest BCUT2D eigenvalue weighted by Crippen LogP contribution is -2.15. The van der Waals surface area contributed by atoms with Gasteiger partial charge in [0, 0.05) is 24.0 Å². The molecule has 0 amide bonds. The standard InChI is InChI=1S/C49H48N4O4/c1-28-19-44-46(21-30(28)3)52-42(26-40(50-44)34-9-13-36(56-5)14-10-34)38-24-32(7-17-48(38)54)23-33-8-18-49(55)39(25-33)43-27-41(35-11-15-37(57-6)16-12-35)51-45-20-29(2)31(4)22-47(45)53-43/h7-22,24-25,42-43,52-55H,23,26-27H2,1-6H3. The maximum atomic E-state index is 11.4. The second kappa shape index (κ2) is 15.5. The molecule has 6 aromatic carbocycles. The molecule has 2 aliphatic rings. The van der Waals surface area contributed by atoms with E-state index in [9.17, 15) is 10.2 Å². The van der Waals surface area contributed by atoms with E-state index in [1.54, 1.807) is 26.4 Å². The average Bonchev–Trinajstić information content (AvgIpc) is 3.51. The summed E-state index contributed by atoms with van der Waals surface area (Å²) < 4.78 is 10.9. The largest absolute Gasteiger partial charge is 0.508 e. The van der Waals surface area contributed by atoms with Crippen molar-refractivity contribution in [2.75, 3.05) is 24.9 Å². The molecule has 0 fully saturated rings. The predicted molar refractivity (Wildman–Crippen MR) is 231 cm³/mol. The minimum atomic E-state index is -0.248. The summed E-state index contributed by atoms with van der Waals surface area (Å²) in [6.07, 6.45) is 1.72. The Morgan fingerprint density at radius 2 is 0.912 bits per heavy atom. The molecule has 288 valence electrons. The van der Waals surface area contributed by atoms with Crippen LogP contribution >= 0.6 is 0 Å². The summed E-state index contributed by atoms with van der Waals surface area (Å²) in [5.74, 6) is 2.02. The maximum Gasteiger partial charge on any atom is 0.120 e. The van der Waals surface area contributed by atoms with Crippen molar-refractivity contribution in [3.8, 4) is 23.0 Å².